The molecule has 0 aliphatic carbocycles. The van der Waals surface area contributed by atoms with Crippen LogP contribution in [0.15, 0.2) is 53.4 Å². The van der Waals surface area contributed by atoms with Crippen LogP contribution in [0.4, 0.5) is 4.39 Å². The predicted octanol–water partition coefficient (Wildman–Crippen LogP) is 2.71. The number of rotatable bonds is 4. The molecule has 0 unspecified atom stereocenters. The average molecular weight is 359 g/mol. The number of aromatic nitrogens is 2. The van der Waals surface area contributed by atoms with Gasteiger partial charge in [0.15, 0.2) is 5.65 Å². The summed E-state index contributed by atoms with van der Waals surface area (Å²) in [5.74, 6) is -0.694. The smallest absolute Gasteiger partial charge is 0.269 e. The van der Waals surface area contributed by atoms with Crippen molar-refractivity contribution in [3.63, 3.8) is 0 Å². The number of nitrogens with zero attached hydrogens (tertiary/aromatic N) is 2. The lowest BCUT2D eigenvalue weighted by Crippen LogP contribution is -2.26. The number of nitrogens with one attached hydrogen (secondary N) is 1. The highest BCUT2D eigenvalue weighted by atomic mass is 32.2. The molecule has 5 nitrogen and oxygen atoms in total. The lowest BCUT2D eigenvalue weighted by atomic mass is 10.1. The van der Waals surface area contributed by atoms with Crippen LogP contribution in [0.5, 0.6) is 0 Å². The molecule has 1 aliphatic heterocycles. The quantitative estimate of drug-likeness (QED) is 0.728. The van der Waals surface area contributed by atoms with E-state index >= 15 is 0 Å². The summed E-state index contributed by atoms with van der Waals surface area (Å²) in [6.45, 7) is 0.934. The first-order valence-corrected chi connectivity index (χ1v) is 9.70. The second-order valence-electron chi connectivity index (χ2n) is 6.26. The fourth-order valence-electron chi connectivity index (χ4n) is 3.38. The fraction of sp³-hybridized carbons (Fsp3) is 0.278. The van der Waals surface area contributed by atoms with Crippen molar-refractivity contribution in [2.75, 3.05) is 6.54 Å². The summed E-state index contributed by atoms with van der Waals surface area (Å²) in [6, 6.07) is 13.0. The Balaban J connectivity index is 1.91. The Kier molecular flexibility index (Phi) is 4.05. The third kappa shape index (κ3) is 2.94. The minimum absolute atomic E-state index is 0.136. The van der Waals surface area contributed by atoms with Crippen molar-refractivity contribution in [3.05, 3.63) is 60.2 Å². The molecule has 1 atom stereocenters. The molecule has 0 radical (unpaired) electrons. The van der Waals surface area contributed by atoms with Gasteiger partial charge in [0.05, 0.1) is 4.90 Å². The summed E-state index contributed by atoms with van der Waals surface area (Å²) in [4.78, 5) is 4.03. The number of hydrogen-bond acceptors (Lipinski definition) is 4. The summed E-state index contributed by atoms with van der Waals surface area (Å²) < 4.78 is 41.3. The van der Waals surface area contributed by atoms with E-state index in [9.17, 15) is 12.8 Å². The highest BCUT2D eigenvalue weighted by Gasteiger charge is 2.26. The number of hydrogen-bond donors (Lipinski definition) is 1. The van der Waals surface area contributed by atoms with Crippen molar-refractivity contribution >= 4 is 21.1 Å². The van der Waals surface area contributed by atoms with Gasteiger partial charge in [-0.25, -0.2) is 17.4 Å². The molecule has 1 aliphatic rings. The average Bonchev–Trinajstić information content (AvgIpc) is 3.23. The summed E-state index contributed by atoms with van der Waals surface area (Å²) in [6.07, 6.45) is 2.63. The van der Waals surface area contributed by atoms with Crippen molar-refractivity contribution in [2.24, 2.45) is 0 Å². The molecule has 1 fully saturated rings. The van der Waals surface area contributed by atoms with Gasteiger partial charge in [0.25, 0.3) is 10.0 Å². The van der Waals surface area contributed by atoms with E-state index in [0.29, 0.717) is 17.5 Å². The summed E-state index contributed by atoms with van der Waals surface area (Å²) in [7, 11) is -3.85. The molecule has 25 heavy (non-hydrogen) atoms. The lowest BCUT2D eigenvalue weighted by Gasteiger charge is -2.14. The SMILES string of the molecule is O=S(=O)(c1ccccc1)n1c(C[C@H]2CCCN2)cc2ccc(F)nc21. The third-order valence-electron chi connectivity index (χ3n) is 4.55. The predicted molar refractivity (Wildman–Crippen MR) is 93.4 cm³/mol. The zero-order valence-electron chi connectivity index (χ0n) is 13.5. The molecular formula is C18H18FN3O2S. The molecule has 3 heterocycles. The van der Waals surface area contributed by atoms with E-state index in [1.165, 1.54) is 22.2 Å². The minimum Gasteiger partial charge on any atom is -0.314 e. The van der Waals surface area contributed by atoms with Gasteiger partial charge in [0, 0.05) is 23.5 Å². The van der Waals surface area contributed by atoms with E-state index in [1.54, 1.807) is 30.3 Å². The molecule has 0 bridgehead atoms. The Morgan fingerprint density at radius 3 is 2.72 bits per heavy atom. The second-order valence-corrected chi connectivity index (χ2v) is 8.05. The second kappa shape index (κ2) is 6.24. The van der Waals surface area contributed by atoms with E-state index in [4.69, 9.17) is 0 Å². The molecule has 0 amide bonds. The van der Waals surface area contributed by atoms with E-state index in [2.05, 4.69) is 10.3 Å². The molecule has 3 aromatic rings. The van der Waals surface area contributed by atoms with Crippen molar-refractivity contribution in [3.8, 4) is 0 Å². The number of fused-ring (bicyclic) bond motifs is 1. The van der Waals surface area contributed by atoms with Crippen LogP contribution in [0.3, 0.4) is 0 Å². The van der Waals surface area contributed by atoms with Crippen LogP contribution in [-0.4, -0.2) is 30.0 Å². The largest absolute Gasteiger partial charge is 0.314 e. The van der Waals surface area contributed by atoms with E-state index < -0.39 is 16.0 Å². The van der Waals surface area contributed by atoms with Crippen LogP contribution in [0.2, 0.25) is 0 Å². The summed E-state index contributed by atoms with van der Waals surface area (Å²) in [5.41, 5.74) is 0.758. The van der Waals surface area contributed by atoms with E-state index in [-0.39, 0.29) is 16.6 Å². The maximum atomic E-state index is 13.7. The number of benzene rings is 1. The van der Waals surface area contributed by atoms with Crippen LogP contribution >= 0.6 is 0 Å². The van der Waals surface area contributed by atoms with Crippen LogP contribution in [0.25, 0.3) is 11.0 Å². The van der Waals surface area contributed by atoms with Gasteiger partial charge in [0.1, 0.15) is 0 Å². The molecule has 0 spiro atoms. The van der Waals surface area contributed by atoms with Crippen LogP contribution in [0.1, 0.15) is 18.5 Å². The van der Waals surface area contributed by atoms with Gasteiger partial charge < -0.3 is 5.32 Å². The highest BCUT2D eigenvalue weighted by Crippen LogP contribution is 2.26. The van der Waals surface area contributed by atoms with Crippen molar-refractivity contribution < 1.29 is 12.8 Å². The first kappa shape index (κ1) is 16.2. The fourth-order valence-corrected chi connectivity index (χ4v) is 4.90. The minimum atomic E-state index is -3.85. The summed E-state index contributed by atoms with van der Waals surface area (Å²) in [5, 5.41) is 4.00. The molecule has 1 N–H and O–H groups in total. The van der Waals surface area contributed by atoms with Crippen LogP contribution < -0.4 is 5.32 Å². The van der Waals surface area contributed by atoms with Gasteiger partial charge in [-0.2, -0.15) is 4.39 Å². The van der Waals surface area contributed by atoms with Gasteiger partial charge in [-0.15, -0.1) is 0 Å². The molecular weight excluding hydrogens is 341 g/mol. The molecule has 0 saturated carbocycles. The maximum absolute atomic E-state index is 13.7. The first-order chi connectivity index (χ1) is 12.1. The number of pyridine rings is 1. The lowest BCUT2D eigenvalue weighted by molar-refractivity contribution is 0.569. The highest BCUT2D eigenvalue weighted by molar-refractivity contribution is 7.90. The summed E-state index contributed by atoms with van der Waals surface area (Å²) >= 11 is 0. The zero-order valence-corrected chi connectivity index (χ0v) is 14.3. The Morgan fingerprint density at radius 1 is 1.20 bits per heavy atom. The zero-order chi connectivity index (χ0) is 17.4. The molecule has 4 rings (SSSR count). The Hall–Kier alpha value is -2.25. The Bertz CT molecular complexity index is 1010. The van der Waals surface area contributed by atoms with Crippen LogP contribution in [-0.2, 0) is 16.4 Å². The maximum Gasteiger partial charge on any atom is 0.269 e. The van der Waals surface area contributed by atoms with Gasteiger partial charge >= 0.3 is 0 Å². The molecule has 1 aromatic carbocycles. The Labute approximate surface area is 145 Å². The van der Waals surface area contributed by atoms with E-state index in [0.717, 1.165) is 19.4 Å². The van der Waals surface area contributed by atoms with Gasteiger partial charge in [-0.05, 0) is 49.7 Å². The number of halogens is 1. The van der Waals surface area contributed by atoms with Gasteiger partial charge in [-0.1, -0.05) is 18.2 Å². The standard InChI is InChI=1S/C18H18FN3O2S/c19-17-9-8-13-11-15(12-14-5-4-10-20-14)22(18(13)21-17)25(23,24)16-6-2-1-3-7-16/h1-3,6-9,11,14,20H,4-5,10,12H2/t14-/m1/s1. The topological polar surface area (TPSA) is 64.0 Å². The van der Waals surface area contributed by atoms with Crippen molar-refractivity contribution in [2.45, 2.75) is 30.2 Å². The van der Waals surface area contributed by atoms with Crippen molar-refractivity contribution in [1.82, 2.24) is 14.3 Å². The Morgan fingerprint density at radius 2 is 2.00 bits per heavy atom. The molecule has 7 heteroatoms. The van der Waals surface area contributed by atoms with Crippen LogP contribution in [0, 0.1) is 5.95 Å². The van der Waals surface area contributed by atoms with Gasteiger partial charge in [0.2, 0.25) is 5.95 Å². The van der Waals surface area contributed by atoms with E-state index in [1.807, 2.05) is 0 Å². The monoisotopic (exact) mass is 359 g/mol. The first-order valence-electron chi connectivity index (χ1n) is 8.26. The normalized spacial score (nSPS) is 18.0. The molecule has 130 valence electrons. The molecule has 2 aromatic heterocycles. The molecule has 1 saturated heterocycles. The van der Waals surface area contributed by atoms with Crippen molar-refractivity contribution in [1.29, 1.82) is 0 Å². The van der Waals surface area contributed by atoms with Gasteiger partial charge in [-0.3, -0.25) is 0 Å². The third-order valence-corrected chi connectivity index (χ3v) is 6.30.